The summed E-state index contributed by atoms with van der Waals surface area (Å²) in [6.07, 6.45) is 2.73. The van der Waals surface area contributed by atoms with E-state index in [4.69, 9.17) is 4.74 Å². The predicted molar refractivity (Wildman–Crippen MR) is 78.1 cm³/mol. The smallest absolute Gasteiger partial charge is 0.217 e. The molecule has 1 saturated heterocycles. The van der Waals surface area contributed by atoms with E-state index in [1.54, 1.807) is 23.1 Å². The Bertz CT molecular complexity index is 715. The summed E-state index contributed by atoms with van der Waals surface area (Å²) >= 11 is 3.43. The molecule has 3 aromatic rings. The molecule has 2 aromatic heterocycles. The first-order valence-corrected chi connectivity index (χ1v) is 8.19. The Labute approximate surface area is 118 Å². The Balaban J connectivity index is 1.68. The second kappa shape index (κ2) is 4.77. The minimum absolute atomic E-state index is 0.377. The van der Waals surface area contributed by atoms with Crippen molar-refractivity contribution in [3.05, 3.63) is 24.3 Å². The fraction of sp³-hybridized carbons (Fsp3) is 0.385. The van der Waals surface area contributed by atoms with Crippen LogP contribution in [0.15, 0.2) is 29.4 Å². The molecule has 0 aliphatic carbocycles. The molecular weight excluding hydrogens is 278 g/mol. The van der Waals surface area contributed by atoms with Gasteiger partial charge in [-0.05, 0) is 25.0 Å². The van der Waals surface area contributed by atoms with Crippen LogP contribution in [-0.2, 0) is 4.74 Å². The summed E-state index contributed by atoms with van der Waals surface area (Å²) in [4.78, 5) is 0.969. The van der Waals surface area contributed by atoms with Gasteiger partial charge in [-0.1, -0.05) is 35.2 Å². The van der Waals surface area contributed by atoms with Gasteiger partial charge in [-0.25, -0.2) is 0 Å². The van der Waals surface area contributed by atoms with Crippen molar-refractivity contribution in [1.82, 2.24) is 14.6 Å². The lowest BCUT2D eigenvalue weighted by Crippen LogP contribution is -2.08. The molecule has 1 aliphatic rings. The Hall–Kier alpha value is -1.11. The van der Waals surface area contributed by atoms with E-state index in [-0.39, 0.29) is 0 Å². The standard InChI is InChI=1S/C13H13N3OS2/c1-2-6-11-10(5-1)16-12(14-15-13(16)19-11)18-8-9-4-3-7-17-9/h1-2,5-6,9H,3-4,7-8H2/t9-/m1/s1. The molecular formula is C13H13N3OS2. The lowest BCUT2D eigenvalue weighted by Gasteiger charge is -2.06. The average Bonchev–Trinajstić information content (AvgIpc) is 3.13. The SMILES string of the molecule is c1ccc2c(c1)sc1nnc(SC[C@H]3CCCO3)n12. The molecule has 1 fully saturated rings. The summed E-state index contributed by atoms with van der Waals surface area (Å²) in [6.45, 7) is 0.905. The molecule has 0 saturated carbocycles. The number of thioether (sulfide) groups is 1. The number of hydrogen-bond acceptors (Lipinski definition) is 5. The quantitative estimate of drug-likeness (QED) is 0.695. The van der Waals surface area contributed by atoms with E-state index in [0.717, 1.165) is 22.5 Å². The molecule has 1 aliphatic heterocycles. The van der Waals surface area contributed by atoms with Crippen LogP contribution in [0.3, 0.4) is 0 Å². The molecule has 3 heterocycles. The maximum Gasteiger partial charge on any atom is 0.217 e. The van der Waals surface area contributed by atoms with Gasteiger partial charge >= 0.3 is 0 Å². The molecule has 1 atom stereocenters. The molecule has 19 heavy (non-hydrogen) atoms. The first-order valence-electron chi connectivity index (χ1n) is 6.39. The molecule has 4 nitrogen and oxygen atoms in total. The van der Waals surface area contributed by atoms with Crippen molar-refractivity contribution in [2.75, 3.05) is 12.4 Å². The molecule has 0 spiro atoms. The zero-order chi connectivity index (χ0) is 12.7. The van der Waals surface area contributed by atoms with E-state index in [1.165, 1.54) is 23.1 Å². The van der Waals surface area contributed by atoms with Crippen LogP contribution in [0.25, 0.3) is 15.2 Å². The van der Waals surface area contributed by atoms with Crippen LogP contribution in [0.5, 0.6) is 0 Å². The van der Waals surface area contributed by atoms with Crippen LogP contribution < -0.4 is 0 Å². The number of hydrogen-bond donors (Lipinski definition) is 0. The van der Waals surface area contributed by atoms with Crippen LogP contribution in [0.1, 0.15) is 12.8 Å². The van der Waals surface area contributed by atoms with Gasteiger partial charge in [-0.3, -0.25) is 4.40 Å². The van der Waals surface area contributed by atoms with Crippen molar-refractivity contribution in [3.8, 4) is 0 Å². The number of rotatable bonds is 3. The predicted octanol–water partition coefficient (Wildman–Crippen LogP) is 3.22. The molecule has 0 radical (unpaired) electrons. The van der Waals surface area contributed by atoms with E-state index >= 15 is 0 Å². The van der Waals surface area contributed by atoms with E-state index < -0.39 is 0 Å². The van der Waals surface area contributed by atoms with Gasteiger partial charge < -0.3 is 4.74 Å². The number of ether oxygens (including phenoxy) is 1. The normalized spacial score (nSPS) is 19.7. The van der Waals surface area contributed by atoms with Crippen molar-refractivity contribution >= 4 is 38.3 Å². The highest BCUT2D eigenvalue weighted by Crippen LogP contribution is 2.30. The highest BCUT2D eigenvalue weighted by molar-refractivity contribution is 7.99. The second-order valence-corrected chi connectivity index (χ2v) is 6.61. The lowest BCUT2D eigenvalue weighted by molar-refractivity contribution is 0.129. The average molecular weight is 291 g/mol. The largest absolute Gasteiger partial charge is 0.377 e. The minimum atomic E-state index is 0.377. The first-order chi connectivity index (χ1) is 9.42. The van der Waals surface area contributed by atoms with Crippen LogP contribution in [0.2, 0.25) is 0 Å². The third kappa shape index (κ3) is 2.04. The summed E-state index contributed by atoms with van der Waals surface area (Å²) in [7, 11) is 0. The summed E-state index contributed by atoms with van der Waals surface area (Å²) in [6, 6.07) is 8.37. The summed E-state index contributed by atoms with van der Waals surface area (Å²) in [5.74, 6) is 0.963. The maximum atomic E-state index is 5.66. The van der Waals surface area contributed by atoms with Crippen molar-refractivity contribution in [2.45, 2.75) is 24.1 Å². The van der Waals surface area contributed by atoms with Gasteiger partial charge in [-0.15, -0.1) is 10.2 Å². The van der Waals surface area contributed by atoms with Gasteiger partial charge in [0, 0.05) is 12.4 Å². The molecule has 0 N–H and O–H groups in total. The third-order valence-electron chi connectivity index (χ3n) is 3.33. The summed E-state index contributed by atoms with van der Waals surface area (Å²) in [5.41, 5.74) is 1.20. The second-order valence-electron chi connectivity index (χ2n) is 4.62. The number of para-hydroxylation sites is 1. The Morgan fingerprint density at radius 3 is 3.21 bits per heavy atom. The van der Waals surface area contributed by atoms with E-state index in [1.807, 2.05) is 0 Å². The first kappa shape index (κ1) is 11.7. The Kier molecular flexibility index (Phi) is 2.94. The van der Waals surface area contributed by atoms with Crippen LogP contribution in [0.4, 0.5) is 0 Å². The van der Waals surface area contributed by atoms with Crippen molar-refractivity contribution in [1.29, 1.82) is 0 Å². The molecule has 1 aromatic carbocycles. The van der Waals surface area contributed by atoms with Crippen molar-refractivity contribution in [3.63, 3.8) is 0 Å². The highest BCUT2D eigenvalue weighted by atomic mass is 32.2. The van der Waals surface area contributed by atoms with Crippen LogP contribution in [0, 0.1) is 0 Å². The minimum Gasteiger partial charge on any atom is -0.377 e. The number of fused-ring (bicyclic) bond motifs is 3. The van der Waals surface area contributed by atoms with E-state index in [9.17, 15) is 0 Å². The number of aromatic nitrogens is 3. The zero-order valence-electron chi connectivity index (χ0n) is 10.3. The number of nitrogens with zero attached hydrogens (tertiary/aromatic N) is 3. The summed E-state index contributed by atoms with van der Waals surface area (Å²) < 4.78 is 9.06. The fourth-order valence-electron chi connectivity index (χ4n) is 2.39. The Morgan fingerprint density at radius 2 is 2.32 bits per heavy atom. The van der Waals surface area contributed by atoms with Crippen LogP contribution in [-0.4, -0.2) is 33.1 Å². The van der Waals surface area contributed by atoms with Gasteiger partial charge in [0.25, 0.3) is 0 Å². The van der Waals surface area contributed by atoms with Gasteiger partial charge in [0.2, 0.25) is 4.96 Å². The molecule has 98 valence electrons. The Morgan fingerprint density at radius 1 is 1.37 bits per heavy atom. The third-order valence-corrected chi connectivity index (χ3v) is 5.41. The van der Waals surface area contributed by atoms with E-state index in [2.05, 4.69) is 38.9 Å². The number of thiazole rings is 1. The fourth-order valence-corrected chi connectivity index (χ4v) is 4.43. The van der Waals surface area contributed by atoms with Gasteiger partial charge in [0.05, 0.1) is 16.3 Å². The number of benzene rings is 1. The highest BCUT2D eigenvalue weighted by Gasteiger charge is 2.18. The van der Waals surface area contributed by atoms with Crippen molar-refractivity contribution < 1.29 is 4.74 Å². The molecule has 0 amide bonds. The summed E-state index contributed by atoms with van der Waals surface area (Å²) in [5, 5.41) is 9.54. The molecule has 6 heteroatoms. The van der Waals surface area contributed by atoms with E-state index in [0.29, 0.717) is 6.10 Å². The van der Waals surface area contributed by atoms with Gasteiger partial charge in [0.1, 0.15) is 0 Å². The molecule has 0 bridgehead atoms. The van der Waals surface area contributed by atoms with Crippen molar-refractivity contribution in [2.24, 2.45) is 0 Å². The zero-order valence-corrected chi connectivity index (χ0v) is 11.9. The molecule has 4 rings (SSSR count). The molecule has 0 unspecified atom stereocenters. The van der Waals surface area contributed by atoms with Gasteiger partial charge in [0.15, 0.2) is 5.16 Å². The van der Waals surface area contributed by atoms with Gasteiger partial charge in [-0.2, -0.15) is 0 Å². The maximum absolute atomic E-state index is 5.66. The van der Waals surface area contributed by atoms with Crippen LogP contribution >= 0.6 is 23.1 Å². The lowest BCUT2D eigenvalue weighted by atomic mass is 10.3. The monoisotopic (exact) mass is 291 g/mol. The topological polar surface area (TPSA) is 39.4 Å².